The van der Waals surface area contributed by atoms with Crippen LogP contribution in [0.1, 0.15) is 10.4 Å². The van der Waals surface area contributed by atoms with Gasteiger partial charge in [-0.25, -0.2) is 8.42 Å². The molecule has 1 heterocycles. The first kappa shape index (κ1) is 16.6. The fourth-order valence-corrected chi connectivity index (χ4v) is 5.81. The van der Waals surface area contributed by atoms with Gasteiger partial charge in [0, 0.05) is 18.0 Å². The molecule has 0 atom stereocenters. The number of hydrogen-bond donors (Lipinski definition) is 1. The van der Waals surface area contributed by atoms with Crippen LogP contribution in [0.4, 0.5) is 0 Å². The summed E-state index contributed by atoms with van der Waals surface area (Å²) >= 11 is 4.70. The lowest BCUT2D eigenvalue weighted by atomic mass is 10.2. The quantitative estimate of drug-likeness (QED) is 0.825. The van der Waals surface area contributed by atoms with Crippen LogP contribution in [0.15, 0.2) is 45.1 Å². The Balaban J connectivity index is 2.35. The molecule has 0 unspecified atom stereocenters. The largest absolute Gasteiger partial charge is 0.395 e. The Kier molecular flexibility index (Phi) is 5.56. The van der Waals surface area contributed by atoms with Crippen LogP contribution >= 0.6 is 27.3 Å². The lowest BCUT2D eigenvalue weighted by molar-refractivity contribution is 0.251. The van der Waals surface area contributed by atoms with Crippen molar-refractivity contribution in [3.63, 3.8) is 0 Å². The second kappa shape index (κ2) is 7.02. The van der Waals surface area contributed by atoms with Gasteiger partial charge < -0.3 is 5.11 Å². The Morgan fingerprint density at radius 3 is 2.48 bits per heavy atom. The van der Waals surface area contributed by atoms with Gasteiger partial charge in [-0.05, 0) is 34.5 Å². The molecule has 1 aromatic carbocycles. The third kappa shape index (κ3) is 3.92. The number of aliphatic hydroxyl groups excluding tert-OH is 1. The van der Waals surface area contributed by atoms with E-state index in [2.05, 4.69) is 15.9 Å². The van der Waals surface area contributed by atoms with Crippen LogP contribution in [-0.4, -0.2) is 31.0 Å². The minimum atomic E-state index is -3.62. The van der Waals surface area contributed by atoms with Gasteiger partial charge in [0.25, 0.3) is 0 Å². The van der Waals surface area contributed by atoms with E-state index >= 15 is 0 Å². The Bertz CT molecular complexity index is 698. The Morgan fingerprint density at radius 2 is 1.95 bits per heavy atom. The van der Waals surface area contributed by atoms with Crippen molar-refractivity contribution in [3.05, 3.63) is 50.6 Å². The maximum atomic E-state index is 12.8. The molecule has 0 aliphatic rings. The van der Waals surface area contributed by atoms with Crippen molar-refractivity contribution in [2.75, 3.05) is 13.2 Å². The van der Waals surface area contributed by atoms with Gasteiger partial charge in [-0.2, -0.15) is 4.31 Å². The third-order valence-corrected chi connectivity index (χ3v) is 6.67. The van der Waals surface area contributed by atoms with E-state index in [9.17, 15) is 13.5 Å². The third-order valence-electron chi connectivity index (χ3n) is 3.01. The fraction of sp³-hybridized carbons (Fsp3) is 0.286. The summed E-state index contributed by atoms with van der Waals surface area (Å²) in [4.78, 5) is 1.03. The number of hydrogen-bond acceptors (Lipinski definition) is 4. The molecule has 0 radical (unpaired) electrons. The van der Waals surface area contributed by atoms with Crippen molar-refractivity contribution >= 4 is 37.3 Å². The van der Waals surface area contributed by atoms with E-state index < -0.39 is 10.0 Å². The molecule has 0 bridgehead atoms. The molecular weight excluding hydrogens is 374 g/mol. The van der Waals surface area contributed by atoms with Gasteiger partial charge in [0.2, 0.25) is 10.0 Å². The van der Waals surface area contributed by atoms with Gasteiger partial charge in [0.05, 0.1) is 15.3 Å². The van der Waals surface area contributed by atoms with Crippen LogP contribution in [0.3, 0.4) is 0 Å². The van der Waals surface area contributed by atoms with E-state index in [1.807, 2.05) is 30.3 Å². The highest BCUT2D eigenvalue weighted by Crippen LogP contribution is 2.32. The highest BCUT2D eigenvalue weighted by Gasteiger charge is 2.27. The van der Waals surface area contributed by atoms with E-state index in [4.69, 9.17) is 0 Å². The van der Waals surface area contributed by atoms with Crippen LogP contribution < -0.4 is 0 Å². The molecule has 0 saturated carbocycles. The Morgan fingerprint density at radius 1 is 1.29 bits per heavy atom. The molecule has 21 heavy (non-hydrogen) atoms. The van der Waals surface area contributed by atoms with Gasteiger partial charge in [-0.3, -0.25) is 0 Å². The van der Waals surface area contributed by atoms with E-state index in [0.29, 0.717) is 4.90 Å². The molecule has 2 aromatic rings. The van der Waals surface area contributed by atoms with E-state index in [1.165, 1.54) is 15.6 Å². The predicted molar refractivity (Wildman–Crippen MR) is 87.9 cm³/mol. The van der Waals surface area contributed by atoms with Gasteiger partial charge >= 0.3 is 0 Å². The minimum absolute atomic E-state index is 0.0735. The molecule has 0 aliphatic heterocycles. The van der Waals surface area contributed by atoms with Gasteiger partial charge in [-0.1, -0.05) is 30.3 Å². The number of rotatable bonds is 6. The van der Waals surface area contributed by atoms with Crippen molar-refractivity contribution in [1.82, 2.24) is 4.31 Å². The highest BCUT2D eigenvalue weighted by atomic mass is 79.9. The van der Waals surface area contributed by atoms with Crippen molar-refractivity contribution < 1.29 is 13.5 Å². The SMILES string of the molecule is Cc1sc(Br)cc1S(=O)(=O)N(CCO)Cc1ccccc1. The Labute approximate surface area is 137 Å². The average molecular weight is 390 g/mol. The molecule has 1 aromatic heterocycles. The first-order valence-electron chi connectivity index (χ1n) is 6.36. The number of benzene rings is 1. The van der Waals surface area contributed by atoms with E-state index in [-0.39, 0.29) is 19.7 Å². The highest BCUT2D eigenvalue weighted by molar-refractivity contribution is 9.11. The van der Waals surface area contributed by atoms with E-state index in [1.54, 1.807) is 13.0 Å². The first-order valence-corrected chi connectivity index (χ1v) is 9.41. The molecule has 1 N–H and O–H groups in total. The number of sulfonamides is 1. The van der Waals surface area contributed by atoms with Crippen molar-refractivity contribution in [2.24, 2.45) is 0 Å². The lowest BCUT2D eigenvalue weighted by Crippen LogP contribution is -2.33. The molecular formula is C14H16BrNO3S2. The zero-order valence-electron chi connectivity index (χ0n) is 11.5. The van der Waals surface area contributed by atoms with Crippen molar-refractivity contribution in [3.8, 4) is 0 Å². The fourth-order valence-electron chi connectivity index (χ4n) is 2.01. The van der Waals surface area contributed by atoms with Crippen LogP contribution in [0.5, 0.6) is 0 Å². The summed E-state index contributed by atoms with van der Waals surface area (Å²) in [6.45, 7) is 1.89. The molecule has 0 amide bonds. The number of thiophene rings is 1. The molecule has 0 fully saturated rings. The summed E-state index contributed by atoms with van der Waals surface area (Å²) in [6, 6.07) is 11.0. The van der Waals surface area contributed by atoms with Gasteiger partial charge in [0.1, 0.15) is 0 Å². The van der Waals surface area contributed by atoms with Crippen LogP contribution in [-0.2, 0) is 16.6 Å². The molecule has 4 nitrogen and oxygen atoms in total. The number of aliphatic hydroxyl groups is 1. The molecule has 2 rings (SSSR count). The monoisotopic (exact) mass is 389 g/mol. The predicted octanol–water partition coefficient (Wildman–Crippen LogP) is 3.00. The normalized spacial score (nSPS) is 12.0. The van der Waals surface area contributed by atoms with Crippen LogP contribution in [0.25, 0.3) is 0 Å². The molecule has 0 spiro atoms. The van der Waals surface area contributed by atoms with Crippen LogP contribution in [0, 0.1) is 6.92 Å². The van der Waals surface area contributed by atoms with Crippen LogP contribution in [0.2, 0.25) is 0 Å². The number of nitrogens with zero attached hydrogens (tertiary/aromatic N) is 1. The minimum Gasteiger partial charge on any atom is -0.395 e. The average Bonchev–Trinajstić information content (AvgIpc) is 2.79. The number of aryl methyl sites for hydroxylation is 1. The smallest absolute Gasteiger partial charge is 0.244 e. The van der Waals surface area contributed by atoms with Gasteiger partial charge in [0.15, 0.2) is 0 Å². The van der Waals surface area contributed by atoms with Gasteiger partial charge in [-0.15, -0.1) is 11.3 Å². The zero-order valence-corrected chi connectivity index (χ0v) is 14.7. The van der Waals surface area contributed by atoms with Crippen molar-refractivity contribution in [2.45, 2.75) is 18.4 Å². The number of halogens is 1. The second-order valence-corrected chi connectivity index (χ2v) is 9.06. The van der Waals surface area contributed by atoms with E-state index in [0.717, 1.165) is 14.2 Å². The summed E-state index contributed by atoms with van der Waals surface area (Å²) in [5.74, 6) is 0. The molecule has 0 saturated heterocycles. The second-order valence-electron chi connectivity index (χ2n) is 4.52. The summed E-state index contributed by atoms with van der Waals surface area (Å²) in [5.41, 5.74) is 0.890. The summed E-state index contributed by atoms with van der Waals surface area (Å²) in [5, 5.41) is 9.19. The maximum Gasteiger partial charge on any atom is 0.244 e. The summed E-state index contributed by atoms with van der Waals surface area (Å²) in [6.07, 6.45) is 0. The zero-order chi connectivity index (χ0) is 15.5. The summed E-state index contributed by atoms with van der Waals surface area (Å²) < 4.78 is 27.6. The Hall–Kier alpha value is -0.730. The maximum absolute atomic E-state index is 12.8. The molecule has 114 valence electrons. The first-order chi connectivity index (χ1) is 9.95. The van der Waals surface area contributed by atoms with Crippen molar-refractivity contribution in [1.29, 1.82) is 0 Å². The standard InChI is InChI=1S/C14H16BrNO3S2/c1-11-13(9-14(15)20-11)21(18,19)16(7-8-17)10-12-5-3-2-4-6-12/h2-6,9,17H,7-8,10H2,1H3. The lowest BCUT2D eigenvalue weighted by Gasteiger charge is -2.21. The molecule has 0 aliphatic carbocycles. The summed E-state index contributed by atoms with van der Waals surface area (Å²) in [7, 11) is -3.62. The topological polar surface area (TPSA) is 57.6 Å². The molecule has 7 heteroatoms.